The van der Waals surface area contributed by atoms with Crippen molar-refractivity contribution in [1.29, 1.82) is 0 Å². The predicted octanol–water partition coefficient (Wildman–Crippen LogP) is 3.01. The fraction of sp³-hybridized carbons (Fsp3) is 0.286. The summed E-state index contributed by atoms with van der Waals surface area (Å²) in [5.74, 6) is 0.823. The molecule has 1 amide bonds. The highest BCUT2D eigenvalue weighted by Gasteiger charge is 2.32. The van der Waals surface area contributed by atoms with Crippen molar-refractivity contribution in [2.24, 2.45) is 5.73 Å². The summed E-state index contributed by atoms with van der Waals surface area (Å²) in [7, 11) is 0. The van der Waals surface area contributed by atoms with Crippen molar-refractivity contribution >= 4 is 29.0 Å². The molecule has 2 aliphatic rings. The lowest BCUT2D eigenvalue weighted by atomic mass is 10.1. The molecule has 7 nitrogen and oxygen atoms in total. The quantitative estimate of drug-likeness (QED) is 0.720. The maximum Gasteiger partial charge on any atom is 0.279 e. The highest BCUT2D eigenvalue weighted by molar-refractivity contribution is 6.30. The van der Waals surface area contributed by atoms with Crippen LogP contribution in [-0.2, 0) is 6.54 Å². The van der Waals surface area contributed by atoms with E-state index in [1.807, 2.05) is 30.5 Å². The molecule has 0 saturated carbocycles. The second-order valence-corrected chi connectivity index (χ2v) is 7.95. The zero-order valence-corrected chi connectivity index (χ0v) is 16.6. The van der Waals surface area contributed by atoms with Crippen LogP contribution in [0.2, 0.25) is 5.02 Å². The normalized spacial score (nSPS) is 17.1. The summed E-state index contributed by atoms with van der Waals surface area (Å²) in [4.78, 5) is 21.4. The molecule has 0 radical (unpaired) electrons. The number of anilines is 2. The van der Waals surface area contributed by atoms with Gasteiger partial charge in [0.2, 0.25) is 0 Å². The van der Waals surface area contributed by atoms with Crippen molar-refractivity contribution < 1.29 is 4.79 Å². The van der Waals surface area contributed by atoms with Gasteiger partial charge in [-0.05, 0) is 49.2 Å². The van der Waals surface area contributed by atoms with Gasteiger partial charge in [-0.15, -0.1) is 0 Å². The average molecular weight is 409 g/mol. The Morgan fingerprint density at radius 2 is 1.76 bits per heavy atom. The van der Waals surface area contributed by atoms with Crippen molar-refractivity contribution in [2.75, 3.05) is 22.9 Å². The van der Waals surface area contributed by atoms with Gasteiger partial charge in [-0.2, -0.15) is 5.10 Å². The summed E-state index contributed by atoms with van der Waals surface area (Å²) in [5.41, 5.74) is 9.01. The SMILES string of the molecule is NC1CCN(c2ccc(N3Cc4cn(-c5ccc(Cl)cc5)nc4C3=O)cn2)CC1. The molecule has 0 aliphatic carbocycles. The number of aromatic nitrogens is 3. The van der Waals surface area contributed by atoms with E-state index in [-0.39, 0.29) is 11.9 Å². The number of rotatable bonds is 3. The highest BCUT2D eigenvalue weighted by atomic mass is 35.5. The van der Waals surface area contributed by atoms with E-state index in [1.54, 1.807) is 27.9 Å². The lowest BCUT2D eigenvalue weighted by Gasteiger charge is -2.31. The molecule has 5 rings (SSSR count). The van der Waals surface area contributed by atoms with Crippen LogP contribution in [0, 0.1) is 0 Å². The van der Waals surface area contributed by atoms with E-state index in [4.69, 9.17) is 17.3 Å². The largest absolute Gasteiger partial charge is 0.357 e. The molecule has 4 heterocycles. The first kappa shape index (κ1) is 18.1. The molecule has 0 spiro atoms. The highest BCUT2D eigenvalue weighted by Crippen LogP contribution is 2.29. The number of nitrogens with two attached hydrogens (primary N) is 1. The number of halogens is 1. The first-order valence-corrected chi connectivity index (χ1v) is 10.1. The van der Waals surface area contributed by atoms with Gasteiger partial charge in [-0.25, -0.2) is 9.67 Å². The minimum absolute atomic E-state index is 0.105. The van der Waals surface area contributed by atoms with Gasteiger partial charge in [0, 0.05) is 35.9 Å². The van der Waals surface area contributed by atoms with Crippen LogP contribution in [0.4, 0.5) is 11.5 Å². The van der Waals surface area contributed by atoms with Crippen LogP contribution in [0.1, 0.15) is 28.9 Å². The maximum atomic E-state index is 12.9. The van der Waals surface area contributed by atoms with E-state index in [0.717, 1.165) is 48.7 Å². The number of benzene rings is 1. The summed E-state index contributed by atoms with van der Waals surface area (Å²) in [6.45, 7) is 2.32. The Morgan fingerprint density at radius 1 is 1.03 bits per heavy atom. The lowest BCUT2D eigenvalue weighted by Crippen LogP contribution is -2.40. The predicted molar refractivity (Wildman–Crippen MR) is 113 cm³/mol. The van der Waals surface area contributed by atoms with E-state index in [0.29, 0.717) is 17.3 Å². The zero-order chi connectivity index (χ0) is 20.0. The standard InChI is InChI=1S/C21H21ClN6O/c22-15-1-3-17(4-2-15)28-13-14-12-27(21(29)20(14)25-28)18-5-6-19(24-11-18)26-9-7-16(23)8-10-26/h1-6,11,13,16H,7-10,12,23H2. The fourth-order valence-corrected chi connectivity index (χ4v) is 3.99. The Morgan fingerprint density at radius 3 is 2.41 bits per heavy atom. The molecule has 8 heteroatoms. The minimum Gasteiger partial charge on any atom is -0.357 e. The second kappa shape index (κ2) is 7.17. The number of amides is 1. The van der Waals surface area contributed by atoms with Crippen molar-refractivity contribution in [3.63, 3.8) is 0 Å². The smallest absolute Gasteiger partial charge is 0.279 e. The number of hydrogen-bond donors (Lipinski definition) is 1. The minimum atomic E-state index is -0.105. The number of nitrogens with zero attached hydrogens (tertiary/aromatic N) is 5. The molecule has 3 aromatic rings. The van der Waals surface area contributed by atoms with E-state index < -0.39 is 0 Å². The molecular formula is C21H21ClN6O. The van der Waals surface area contributed by atoms with Crippen LogP contribution >= 0.6 is 11.6 Å². The Hall–Kier alpha value is -2.90. The monoisotopic (exact) mass is 408 g/mol. The van der Waals surface area contributed by atoms with E-state index >= 15 is 0 Å². The van der Waals surface area contributed by atoms with E-state index in [9.17, 15) is 4.79 Å². The number of carbonyl (C=O) groups is 1. The molecule has 0 bridgehead atoms. The summed E-state index contributed by atoms with van der Waals surface area (Å²) >= 11 is 5.95. The maximum absolute atomic E-state index is 12.9. The Balaban J connectivity index is 1.32. The van der Waals surface area contributed by atoms with E-state index in [2.05, 4.69) is 15.0 Å². The van der Waals surface area contributed by atoms with Gasteiger partial charge >= 0.3 is 0 Å². The van der Waals surface area contributed by atoms with Crippen LogP contribution in [-0.4, -0.2) is 39.8 Å². The molecule has 0 atom stereocenters. The van der Waals surface area contributed by atoms with Gasteiger partial charge < -0.3 is 15.5 Å². The van der Waals surface area contributed by atoms with Gasteiger partial charge in [-0.1, -0.05) is 11.6 Å². The van der Waals surface area contributed by atoms with Gasteiger partial charge in [-0.3, -0.25) is 4.79 Å². The molecule has 2 aromatic heterocycles. The average Bonchev–Trinajstić information content (AvgIpc) is 3.29. The van der Waals surface area contributed by atoms with Crippen LogP contribution in [0.5, 0.6) is 0 Å². The first-order chi connectivity index (χ1) is 14.1. The number of carbonyl (C=O) groups excluding carboxylic acids is 1. The Bertz CT molecular complexity index is 1040. The Labute approximate surface area is 173 Å². The van der Waals surface area contributed by atoms with Crippen LogP contribution < -0.4 is 15.5 Å². The van der Waals surface area contributed by atoms with Gasteiger partial charge in [0.05, 0.1) is 24.1 Å². The molecule has 148 valence electrons. The molecule has 1 fully saturated rings. The van der Waals surface area contributed by atoms with Gasteiger partial charge in [0.15, 0.2) is 5.69 Å². The summed E-state index contributed by atoms with van der Waals surface area (Å²) in [5, 5.41) is 5.15. The summed E-state index contributed by atoms with van der Waals surface area (Å²) < 4.78 is 1.72. The molecule has 0 unspecified atom stereocenters. The molecule has 1 aromatic carbocycles. The van der Waals surface area contributed by atoms with Crippen molar-refractivity contribution in [2.45, 2.75) is 25.4 Å². The third-order valence-corrected chi connectivity index (χ3v) is 5.82. The first-order valence-electron chi connectivity index (χ1n) is 9.71. The van der Waals surface area contributed by atoms with E-state index in [1.165, 1.54) is 0 Å². The molecule has 29 heavy (non-hydrogen) atoms. The zero-order valence-electron chi connectivity index (χ0n) is 15.8. The third kappa shape index (κ3) is 3.36. The van der Waals surface area contributed by atoms with Gasteiger partial charge in [0.1, 0.15) is 5.82 Å². The number of piperidine rings is 1. The van der Waals surface area contributed by atoms with Crippen molar-refractivity contribution in [1.82, 2.24) is 14.8 Å². The second-order valence-electron chi connectivity index (χ2n) is 7.51. The van der Waals surface area contributed by atoms with Gasteiger partial charge in [0.25, 0.3) is 5.91 Å². The third-order valence-electron chi connectivity index (χ3n) is 5.56. The lowest BCUT2D eigenvalue weighted by molar-refractivity contribution is 0.0991. The number of pyridine rings is 1. The molecular weight excluding hydrogens is 388 g/mol. The molecule has 2 N–H and O–H groups in total. The molecule has 2 aliphatic heterocycles. The number of fused-ring (bicyclic) bond motifs is 1. The number of hydrogen-bond acceptors (Lipinski definition) is 5. The van der Waals surface area contributed by atoms with Crippen molar-refractivity contribution in [3.05, 3.63) is 65.1 Å². The van der Waals surface area contributed by atoms with Crippen molar-refractivity contribution in [3.8, 4) is 5.69 Å². The summed E-state index contributed by atoms with van der Waals surface area (Å²) in [6, 6.07) is 11.6. The Kier molecular flexibility index (Phi) is 4.49. The fourth-order valence-electron chi connectivity index (χ4n) is 3.86. The molecule has 1 saturated heterocycles. The van der Waals surface area contributed by atoms with Crippen LogP contribution in [0.3, 0.4) is 0 Å². The topological polar surface area (TPSA) is 80.3 Å². The van der Waals surface area contributed by atoms with Crippen LogP contribution in [0.15, 0.2) is 48.8 Å². The van der Waals surface area contributed by atoms with Crippen LogP contribution in [0.25, 0.3) is 5.69 Å². The summed E-state index contributed by atoms with van der Waals surface area (Å²) in [6.07, 6.45) is 5.62.